The molecule has 2 aromatic carbocycles. The van der Waals surface area contributed by atoms with Crippen LogP contribution in [0.15, 0.2) is 42.5 Å². The predicted octanol–water partition coefficient (Wildman–Crippen LogP) is 4.53. The molecule has 3 rings (SSSR count). The number of ether oxygens (including phenoxy) is 1. The van der Waals surface area contributed by atoms with Crippen LogP contribution in [0.1, 0.15) is 19.8 Å². The number of para-hydroxylation sites is 2. The molecule has 7 heteroatoms. The number of anilines is 2. The van der Waals surface area contributed by atoms with E-state index in [1.807, 2.05) is 12.1 Å². The minimum absolute atomic E-state index is 0.0592. The van der Waals surface area contributed by atoms with Crippen molar-refractivity contribution in [2.75, 3.05) is 16.8 Å². The fraction of sp³-hybridized carbons (Fsp3) is 0.263. The van der Waals surface area contributed by atoms with E-state index in [1.165, 1.54) is 0 Å². The summed E-state index contributed by atoms with van der Waals surface area (Å²) in [5, 5.41) is 3.65. The Kier molecular flexibility index (Phi) is 5.69. The first-order valence-electron chi connectivity index (χ1n) is 8.27. The molecule has 1 N–H and O–H groups in total. The lowest BCUT2D eigenvalue weighted by molar-refractivity contribution is -0.122. The smallest absolute Gasteiger partial charge is 0.265 e. The molecule has 1 aliphatic rings. The Labute approximate surface area is 161 Å². The van der Waals surface area contributed by atoms with Crippen molar-refractivity contribution >= 4 is 46.4 Å². The highest BCUT2D eigenvalue weighted by molar-refractivity contribution is 6.35. The number of nitrogens with zero attached hydrogens (tertiary/aromatic N) is 1. The summed E-state index contributed by atoms with van der Waals surface area (Å²) in [6, 6.07) is 12.0. The first-order valence-corrected chi connectivity index (χ1v) is 9.03. The third-order valence-electron chi connectivity index (χ3n) is 4.09. The molecular formula is C19H18Cl2N2O3. The minimum atomic E-state index is -0.781. The van der Waals surface area contributed by atoms with Crippen LogP contribution in [0.25, 0.3) is 0 Å². The van der Waals surface area contributed by atoms with Crippen molar-refractivity contribution in [3.05, 3.63) is 52.5 Å². The molecule has 1 saturated heterocycles. The monoisotopic (exact) mass is 392 g/mol. The van der Waals surface area contributed by atoms with Gasteiger partial charge < -0.3 is 15.0 Å². The number of benzene rings is 2. The Bertz CT molecular complexity index is 841. The van der Waals surface area contributed by atoms with Gasteiger partial charge in [-0.25, -0.2) is 0 Å². The lowest BCUT2D eigenvalue weighted by atomic mass is 10.2. The minimum Gasteiger partial charge on any atom is -0.479 e. The Morgan fingerprint density at radius 3 is 2.69 bits per heavy atom. The summed E-state index contributed by atoms with van der Waals surface area (Å²) in [6.07, 6.45) is 0.558. The lowest BCUT2D eigenvalue weighted by Gasteiger charge is -2.21. The van der Waals surface area contributed by atoms with E-state index in [4.69, 9.17) is 27.9 Å². The van der Waals surface area contributed by atoms with Crippen molar-refractivity contribution in [3.63, 3.8) is 0 Å². The van der Waals surface area contributed by atoms with Gasteiger partial charge in [0.25, 0.3) is 5.91 Å². The summed E-state index contributed by atoms with van der Waals surface area (Å²) < 4.78 is 5.64. The van der Waals surface area contributed by atoms with Gasteiger partial charge >= 0.3 is 0 Å². The average molecular weight is 393 g/mol. The second-order valence-electron chi connectivity index (χ2n) is 5.99. The van der Waals surface area contributed by atoms with E-state index in [1.54, 1.807) is 42.2 Å². The van der Waals surface area contributed by atoms with Gasteiger partial charge in [-0.1, -0.05) is 35.3 Å². The maximum atomic E-state index is 12.5. The van der Waals surface area contributed by atoms with Gasteiger partial charge in [0.05, 0.1) is 16.4 Å². The van der Waals surface area contributed by atoms with E-state index in [0.29, 0.717) is 40.1 Å². The van der Waals surface area contributed by atoms with E-state index < -0.39 is 6.10 Å². The van der Waals surface area contributed by atoms with Crippen LogP contribution in [0.3, 0.4) is 0 Å². The molecule has 1 aliphatic heterocycles. The van der Waals surface area contributed by atoms with Gasteiger partial charge in [-0.15, -0.1) is 0 Å². The zero-order valence-electron chi connectivity index (χ0n) is 14.2. The van der Waals surface area contributed by atoms with E-state index in [0.717, 1.165) is 6.42 Å². The van der Waals surface area contributed by atoms with E-state index >= 15 is 0 Å². The van der Waals surface area contributed by atoms with E-state index in [2.05, 4.69) is 5.32 Å². The quantitative estimate of drug-likeness (QED) is 0.812. The molecule has 0 bridgehead atoms. The van der Waals surface area contributed by atoms with Crippen LogP contribution in [0.4, 0.5) is 11.4 Å². The zero-order valence-corrected chi connectivity index (χ0v) is 15.7. The van der Waals surface area contributed by atoms with Crippen LogP contribution in [-0.4, -0.2) is 24.5 Å². The number of hydrogen-bond donors (Lipinski definition) is 1. The Hall–Kier alpha value is -2.24. The van der Waals surface area contributed by atoms with Crippen LogP contribution >= 0.6 is 23.2 Å². The van der Waals surface area contributed by atoms with Crippen molar-refractivity contribution in [3.8, 4) is 5.75 Å². The fourth-order valence-electron chi connectivity index (χ4n) is 2.77. The number of carbonyl (C=O) groups is 2. The van der Waals surface area contributed by atoms with Crippen molar-refractivity contribution < 1.29 is 14.3 Å². The van der Waals surface area contributed by atoms with Crippen LogP contribution in [0.2, 0.25) is 10.0 Å². The summed E-state index contributed by atoms with van der Waals surface area (Å²) in [5.74, 6) is 0.0979. The molecule has 1 fully saturated rings. The van der Waals surface area contributed by atoms with Crippen molar-refractivity contribution in [1.82, 2.24) is 0 Å². The molecule has 0 radical (unpaired) electrons. The standard InChI is InChI=1S/C19H18Cl2N2O3/c1-12(26-17-9-8-13(20)11-14(17)21)19(25)22-15-5-2-3-6-16(15)23-10-4-7-18(23)24/h2-3,5-6,8-9,11-12H,4,7,10H2,1H3,(H,22,25). The van der Waals surface area contributed by atoms with Crippen LogP contribution < -0.4 is 15.0 Å². The highest BCUT2D eigenvalue weighted by Crippen LogP contribution is 2.31. The van der Waals surface area contributed by atoms with Gasteiger partial charge in [-0.05, 0) is 43.7 Å². The van der Waals surface area contributed by atoms with Crippen molar-refractivity contribution in [2.24, 2.45) is 0 Å². The van der Waals surface area contributed by atoms with Crippen LogP contribution in [0, 0.1) is 0 Å². The molecule has 136 valence electrons. The largest absolute Gasteiger partial charge is 0.479 e. The Morgan fingerprint density at radius 1 is 1.23 bits per heavy atom. The van der Waals surface area contributed by atoms with Gasteiger partial charge in [0.1, 0.15) is 5.75 Å². The first kappa shape index (κ1) is 18.5. The first-order chi connectivity index (χ1) is 12.5. The number of nitrogens with one attached hydrogen (secondary N) is 1. The number of rotatable bonds is 5. The normalized spacial score (nSPS) is 15.0. The number of halogens is 2. The predicted molar refractivity (Wildman–Crippen MR) is 103 cm³/mol. The Morgan fingerprint density at radius 2 is 2.00 bits per heavy atom. The summed E-state index contributed by atoms with van der Waals surface area (Å²) in [4.78, 5) is 26.2. The highest BCUT2D eigenvalue weighted by Gasteiger charge is 2.25. The molecule has 0 spiro atoms. The third-order valence-corrected chi connectivity index (χ3v) is 4.62. The number of carbonyl (C=O) groups excluding carboxylic acids is 2. The van der Waals surface area contributed by atoms with Crippen molar-refractivity contribution in [2.45, 2.75) is 25.9 Å². The SMILES string of the molecule is CC(Oc1ccc(Cl)cc1Cl)C(=O)Nc1ccccc1N1CCCC1=O. The van der Waals surface area contributed by atoms with Gasteiger partial charge in [0.15, 0.2) is 6.10 Å². The summed E-state index contributed by atoms with van der Waals surface area (Å²) >= 11 is 11.9. The molecule has 5 nitrogen and oxygen atoms in total. The molecule has 2 aromatic rings. The average Bonchev–Trinajstić information content (AvgIpc) is 3.03. The maximum Gasteiger partial charge on any atom is 0.265 e. The summed E-state index contributed by atoms with van der Waals surface area (Å²) in [5.41, 5.74) is 1.27. The van der Waals surface area contributed by atoms with E-state index in [9.17, 15) is 9.59 Å². The third kappa shape index (κ3) is 4.11. The number of hydrogen-bond acceptors (Lipinski definition) is 3. The molecule has 26 heavy (non-hydrogen) atoms. The molecule has 1 heterocycles. The van der Waals surface area contributed by atoms with Gasteiger partial charge in [-0.3, -0.25) is 9.59 Å². The molecular weight excluding hydrogens is 375 g/mol. The van der Waals surface area contributed by atoms with Crippen LogP contribution in [0.5, 0.6) is 5.75 Å². The molecule has 2 amide bonds. The van der Waals surface area contributed by atoms with E-state index in [-0.39, 0.29) is 11.8 Å². The second-order valence-corrected chi connectivity index (χ2v) is 6.83. The second kappa shape index (κ2) is 7.98. The molecule has 0 aliphatic carbocycles. The van der Waals surface area contributed by atoms with Gasteiger partial charge in [0.2, 0.25) is 5.91 Å². The van der Waals surface area contributed by atoms with Crippen LogP contribution in [-0.2, 0) is 9.59 Å². The Balaban J connectivity index is 1.72. The number of amides is 2. The summed E-state index contributed by atoms with van der Waals surface area (Å²) in [7, 11) is 0. The lowest BCUT2D eigenvalue weighted by Crippen LogP contribution is -2.31. The van der Waals surface area contributed by atoms with Crippen molar-refractivity contribution in [1.29, 1.82) is 0 Å². The van der Waals surface area contributed by atoms with Gasteiger partial charge in [0, 0.05) is 18.0 Å². The molecule has 1 atom stereocenters. The highest BCUT2D eigenvalue weighted by atomic mass is 35.5. The molecule has 0 aromatic heterocycles. The molecule has 0 saturated carbocycles. The summed E-state index contributed by atoms with van der Waals surface area (Å²) in [6.45, 7) is 2.28. The topological polar surface area (TPSA) is 58.6 Å². The fourth-order valence-corrected chi connectivity index (χ4v) is 3.22. The molecule has 1 unspecified atom stereocenters. The zero-order chi connectivity index (χ0) is 18.7. The maximum absolute atomic E-state index is 12.5. The van der Waals surface area contributed by atoms with Gasteiger partial charge in [-0.2, -0.15) is 0 Å².